The summed E-state index contributed by atoms with van der Waals surface area (Å²) in [6.07, 6.45) is 29.2. The second kappa shape index (κ2) is 22.2. The van der Waals surface area contributed by atoms with Gasteiger partial charge in [-0.3, -0.25) is 9.59 Å². The number of halogens is 1. The van der Waals surface area contributed by atoms with Crippen molar-refractivity contribution in [2.45, 2.75) is 203 Å². The molecule has 9 aliphatic rings. The molecule has 0 aromatic rings. The van der Waals surface area contributed by atoms with E-state index >= 15 is 0 Å². The molecule has 9 fully saturated rings. The first kappa shape index (κ1) is 44.8. The molecule has 59 heavy (non-hydrogen) atoms. The van der Waals surface area contributed by atoms with Gasteiger partial charge in [-0.2, -0.15) is 0 Å². The number of aliphatic hydroxyl groups is 1. The van der Waals surface area contributed by atoms with Crippen molar-refractivity contribution in [2.24, 2.45) is 23.7 Å². The maximum Gasteiger partial charge on any atom is 0.249 e. The number of likely N-dealkylation sites (tertiary alicyclic amines) is 2. The van der Waals surface area contributed by atoms with Gasteiger partial charge in [0.15, 0.2) is 0 Å². The quantitative estimate of drug-likeness (QED) is 0.179. The summed E-state index contributed by atoms with van der Waals surface area (Å²) in [7, 11) is 0. The molecule has 3 saturated heterocycles. The minimum atomic E-state index is -0.350. The van der Waals surface area contributed by atoms with Gasteiger partial charge in [-0.15, -0.1) is 0 Å². The number of alkyl halides is 1. The van der Waals surface area contributed by atoms with Crippen LogP contribution in [0.4, 0.5) is 0 Å². The number of amides is 2. The molecule has 9 rings (SSSR count). The molecule has 11 heteroatoms. The normalized spacial score (nSPS) is 35.8. The third kappa shape index (κ3) is 12.5. The van der Waals surface area contributed by atoms with Crippen LogP contribution in [0.5, 0.6) is 0 Å². The highest BCUT2D eigenvalue weighted by atomic mass is 79.9. The summed E-state index contributed by atoms with van der Waals surface area (Å²) >= 11 is 3.38. The molecule has 0 unspecified atom stereocenters. The van der Waals surface area contributed by atoms with Crippen molar-refractivity contribution in [1.29, 1.82) is 0 Å². The summed E-state index contributed by atoms with van der Waals surface area (Å²) in [5.41, 5.74) is 0. The van der Waals surface area contributed by atoms with Gasteiger partial charge in [0.05, 0.1) is 29.6 Å². The Hall–Kier alpha value is -0.820. The van der Waals surface area contributed by atoms with Crippen LogP contribution in [-0.4, -0.2) is 150 Å². The Morgan fingerprint density at radius 1 is 0.610 bits per heavy atom. The number of hydrogen-bond acceptors (Lipinski definition) is 8. The zero-order valence-corrected chi connectivity index (χ0v) is 38.2. The van der Waals surface area contributed by atoms with Gasteiger partial charge in [0.25, 0.3) is 0 Å². The third-order valence-electron chi connectivity index (χ3n) is 16.4. The minimum Gasteiger partial charge on any atom is -0.391 e. The molecule has 1 N–H and O–H groups in total. The van der Waals surface area contributed by atoms with Crippen molar-refractivity contribution in [3.8, 4) is 0 Å². The number of rotatable bonds is 14. The van der Waals surface area contributed by atoms with Crippen molar-refractivity contribution in [3.05, 3.63) is 0 Å². The van der Waals surface area contributed by atoms with E-state index in [0.717, 1.165) is 133 Å². The lowest BCUT2D eigenvalue weighted by Gasteiger charge is -2.50. The molecule has 0 bridgehead atoms. The monoisotopic (exact) mass is 889 g/mol. The van der Waals surface area contributed by atoms with E-state index < -0.39 is 0 Å². The predicted molar refractivity (Wildman–Crippen MR) is 236 cm³/mol. The molecule has 0 aromatic heterocycles. The summed E-state index contributed by atoms with van der Waals surface area (Å²) < 4.78 is 17.8. The summed E-state index contributed by atoms with van der Waals surface area (Å²) in [6.45, 7) is 8.79. The standard InChI is InChI=1S/C24H41BrN2O3.C24H40N2O3/c25-15-24(29)27(22-3-1-2-4-23(22)28)21-11-13-26(14-12-21)20-9-7-19(8-10-20)17-30-16-18-5-6-18;27-24-17-29-23-4-2-1-3-22(23)26(24)21-11-13-25(14-12-21)20-9-7-19(8-10-20)16-28-15-18-5-6-18/h18-23,28H,1-17H2;18-23H,1-17H2/t2*19?,20?,22-,23-/m11/s1. The Morgan fingerprint density at radius 2 is 1.08 bits per heavy atom. The number of nitrogens with zero attached hydrogens (tertiary/aromatic N) is 4. The minimum absolute atomic E-state index is 0.0198. The van der Waals surface area contributed by atoms with E-state index in [2.05, 4.69) is 35.5 Å². The number of hydrogen-bond donors (Lipinski definition) is 1. The van der Waals surface area contributed by atoms with Crippen molar-refractivity contribution in [1.82, 2.24) is 19.6 Å². The third-order valence-corrected chi connectivity index (χ3v) is 16.9. The lowest BCUT2D eigenvalue weighted by Crippen LogP contribution is -2.61. The smallest absolute Gasteiger partial charge is 0.249 e. The van der Waals surface area contributed by atoms with Gasteiger partial charge in [-0.1, -0.05) is 41.6 Å². The fourth-order valence-electron chi connectivity index (χ4n) is 12.4. The second-order valence-corrected chi connectivity index (χ2v) is 21.3. The highest BCUT2D eigenvalue weighted by molar-refractivity contribution is 9.09. The molecule has 336 valence electrons. The number of piperidine rings is 2. The molecule has 4 atom stereocenters. The van der Waals surface area contributed by atoms with E-state index in [0.29, 0.717) is 36.2 Å². The summed E-state index contributed by atoms with van der Waals surface area (Å²) in [5.74, 6) is 3.71. The molecule has 10 nitrogen and oxygen atoms in total. The van der Waals surface area contributed by atoms with Crippen molar-refractivity contribution in [2.75, 3.05) is 64.5 Å². The average Bonchev–Trinajstić information content (AvgIpc) is 4.23. The fraction of sp³-hybridized carbons (Fsp3) is 0.958. The Morgan fingerprint density at radius 3 is 1.59 bits per heavy atom. The number of fused-ring (bicyclic) bond motifs is 1. The summed E-state index contributed by atoms with van der Waals surface area (Å²) in [4.78, 5) is 35.2. The number of carbonyl (C=O) groups is 2. The van der Waals surface area contributed by atoms with Crippen LogP contribution < -0.4 is 0 Å². The highest BCUT2D eigenvalue weighted by Crippen LogP contribution is 2.37. The first-order valence-electron chi connectivity index (χ1n) is 25.0. The van der Waals surface area contributed by atoms with Crippen LogP contribution in [0.1, 0.15) is 154 Å². The van der Waals surface area contributed by atoms with E-state index in [-0.39, 0.29) is 30.0 Å². The van der Waals surface area contributed by atoms with Crippen molar-refractivity contribution < 1.29 is 28.9 Å². The molecule has 3 heterocycles. The van der Waals surface area contributed by atoms with E-state index in [1.165, 1.54) is 103 Å². The van der Waals surface area contributed by atoms with Crippen LogP contribution in [0.3, 0.4) is 0 Å². The summed E-state index contributed by atoms with van der Waals surface area (Å²) in [6, 6.07) is 2.58. The molecular weight excluding hydrogens is 808 g/mol. The zero-order valence-electron chi connectivity index (χ0n) is 36.6. The van der Waals surface area contributed by atoms with E-state index in [4.69, 9.17) is 14.2 Å². The number of carbonyl (C=O) groups excluding carboxylic acids is 2. The molecule has 2 amide bonds. The van der Waals surface area contributed by atoms with Crippen LogP contribution in [0.15, 0.2) is 0 Å². The molecule has 0 spiro atoms. The average molecular weight is 890 g/mol. The van der Waals surface area contributed by atoms with Crippen LogP contribution in [0, 0.1) is 23.7 Å². The molecular formula is C48H81BrN4O6. The van der Waals surface area contributed by atoms with Gasteiger partial charge in [0, 0.05) is 76.8 Å². The number of ether oxygens (including phenoxy) is 3. The molecule has 0 aromatic carbocycles. The largest absolute Gasteiger partial charge is 0.391 e. The molecule has 0 radical (unpaired) electrons. The fourth-order valence-corrected chi connectivity index (χ4v) is 12.7. The number of aliphatic hydroxyl groups excluding tert-OH is 1. The lowest BCUT2D eigenvalue weighted by atomic mass is 9.84. The first-order valence-corrected chi connectivity index (χ1v) is 26.2. The molecule has 3 aliphatic heterocycles. The summed E-state index contributed by atoms with van der Waals surface area (Å²) in [5, 5.41) is 10.9. The Labute approximate surface area is 365 Å². The van der Waals surface area contributed by atoms with Gasteiger partial charge in [-0.25, -0.2) is 0 Å². The van der Waals surface area contributed by atoms with Crippen LogP contribution in [0.2, 0.25) is 0 Å². The van der Waals surface area contributed by atoms with Crippen molar-refractivity contribution >= 4 is 27.7 Å². The Balaban J connectivity index is 0.000000164. The topological polar surface area (TPSA) is 95.0 Å². The van der Waals surface area contributed by atoms with E-state index in [1.54, 1.807) is 0 Å². The van der Waals surface area contributed by atoms with Gasteiger partial charge < -0.3 is 38.9 Å². The zero-order chi connectivity index (χ0) is 40.6. The van der Waals surface area contributed by atoms with Crippen LogP contribution in [0.25, 0.3) is 0 Å². The van der Waals surface area contributed by atoms with E-state index in [1.807, 2.05) is 0 Å². The second-order valence-electron chi connectivity index (χ2n) is 20.7. The molecule has 6 aliphatic carbocycles. The van der Waals surface area contributed by atoms with Gasteiger partial charge >= 0.3 is 0 Å². The number of morpholine rings is 1. The molecule has 6 saturated carbocycles. The Kier molecular flexibility index (Phi) is 16.8. The lowest BCUT2D eigenvalue weighted by molar-refractivity contribution is -0.167. The SMILES string of the molecule is O=C(CBr)N(C1CCN(C2CCC(COCC3CC3)CC2)CC1)[C@@H]1CCCC[C@H]1O.O=C1CO[C@@H]2CCCC[C@H]2N1C1CCN(C2CCC(COCC3CC3)CC2)CC1. The Bertz CT molecular complexity index is 1290. The van der Waals surface area contributed by atoms with E-state index in [9.17, 15) is 14.7 Å². The highest BCUT2D eigenvalue weighted by Gasteiger charge is 2.43. The maximum absolute atomic E-state index is 12.8. The predicted octanol–water partition coefficient (Wildman–Crippen LogP) is 7.57. The first-order chi connectivity index (χ1) is 28.9. The van der Waals surface area contributed by atoms with Crippen LogP contribution >= 0.6 is 15.9 Å². The van der Waals surface area contributed by atoms with Crippen molar-refractivity contribution in [3.63, 3.8) is 0 Å². The maximum atomic E-state index is 12.8. The van der Waals surface area contributed by atoms with Crippen LogP contribution in [-0.2, 0) is 23.8 Å². The van der Waals surface area contributed by atoms with Gasteiger partial charge in [-0.05, 0) is 152 Å². The van der Waals surface area contributed by atoms with Gasteiger partial charge in [0.1, 0.15) is 6.61 Å². The van der Waals surface area contributed by atoms with Gasteiger partial charge in [0.2, 0.25) is 11.8 Å².